The lowest BCUT2D eigenvalue weighted by molar-refractivity contribution is 0.0695. The van der Waals surface area contributed by atoms with E-state index >= 15 is 0 Å². The minimum Gasteiger partial charge on any atom is -0.504 e. The number of halogens is 3. The van der Waals surface area contributed by atoms with Crippen LogP contribution < -0.4 is 21.4 Å². The molecule has 0 unspecified atom stereocenters. The monoisotopic (exact) mass is 465 g/mol. The van der Waals surface area contributed by atoms with E-state index in [4.69, 9.17) is 5.73 Å². The number of aromatic nitrogens is 2. The standard InChI is InChI=1S/C19H16F3N5O4.C2H6/c1-24-7-4-26(5-7)14-10(20)2-8-13(16(14)29)27(6-9(15(8)28)19(30)31)18-12(22)3-11(21)17(23)25-18;1-2/h2-3,6-7,24,29H,4-5H2,1H3,(H2,23,25)(H,30,31);1-2H3. The van der Waals surface area contributed by atoms with Crippen molar-refractivity contribution in [2.75, 3.05) is 30.8 Å². The Labute approximate surface area is 185 Å². The number of carboxylic acid groups (broad SMARTS) is 1. The van der Waals surface area contributed by atoms with Gasteiger partial charge in [0.05, 0.1) is 5.39 Å². The number of benzene rings is 1. The van der Waals surface area contributed by atoms with Crippen LogP contribution in [0.3, 0.4) is 0 Å². The first-order valence-corrected chi connectivity index (χ1v) is 10.0. The summed E-state index contributed by atoms with van der Waals surface area (Å²) >= 11 is 0. The van der Waals surface area contributed by atoms with Crippen LogP contribution in [-0.4, -0.2) is 51.9 Å². The molecule has 0 atom stereocenters. The molecule has 33 heavy (non-hydrogen) atoms. The van der Waals surface area contributed by atoms with Gasteiger partial charge in [-0.1, -0.05) is 13.8 Å². The fourth-order valence-electron chi connectivity index (χ4n) is 3.53. The molecule has 0 saturated carbocycles. The van der Waals surface area contributed by atoms with E-state index < -0.39 is 62.7 Å². The van der Waals surface area contributed by atoms with Crippen molar-refractivity contribution < 1.29 is 28.2 Å². The molecule has 3 aromatic rings. The average Bonchev–Trinajstić information content (AvgIpc) is 2.74. The van der Waals surface area contributed by atoms with E-state index in [0.29, 0.717) is 19.2 Å². The van der Waals surface area contributed by atoms with E-state index in [1.54, 1.807) is 7.05 Å². The molecule has 0 bridgehead atoms. The van der Waals surface area contributed by atoms with Crippen molar-refractivity contribution in [1.29, 1.82) is 0 Å². The molecule has 3 heterocycles. The fourth-order valence-corrected chi connectivity index (χ4v) is 3.53. The number of rotatable bonds is 4. The highest BCUT2D eigenvalue weighted by Crippen LogP contribution is 2.40. The number of likely N-dealkylation sites (N-methyl/N-ethyl adjacent to an activating group) is 1. The molecule has 176 valence electrons. The summed E-state index contributed by atoms with van der Waals surface area (Å²) in [5.74, 6) is -7.10. The lowest BCUT2D eigenvalue weighted by Gasteiger charge is -2.41. The van der Waals surface area contributed by atoms with Crippen LogP contribution >= 0.6 is 0 Å². The predicted octanol–water partition coefficient (Wildman–Crippen LogP) is 2.22. The molecule has 0 amide bonds. The number of carbonyl (C=O) groups is 1. The van der Waals surface area contributed by atoms with Crippen molar-refractivity contribution in [3.8, 4) is 11.6 Å². The summed E-state index contributed by atoms with van der Waals surface area (Å²) in [5.41, 5.74) is 2.86. The number of hydrogen-bond donors (Lipinski definition) is 4. The molecule has 0 radical (unpaired) electrons. The van der Waals surface area contributed by atoms with Crippen molar-refractivity contribution in [3.05, 3.63) is 51.6 Å². The summed E-state index contributed by atoms with van der Waals surface area (Å²) in [4.78, 5) is 29.3. The minimum absolute atomic E-state index is 0.0436. The van der Waals surface area contributed by atoms with Crippen molar-refractivity contribution >= 4 is 28.4 Å². The van der Waals surface area contributed by atoms with Gasteiger partial charge in [0, 0.05) is 31.4 Å². The normalized spacial score (nSPS) is 13.5. The predicted molar refractivity (Wildman–Crippen MR) is 117 cm³/mol. The molecule has 5 N–H and O–H groups in total. The third-order valence-corrected chi connectivity index (χ3v) is 5.19. The number of nitrogens with one attached hydrogen (secondary N) is 1. The Morgan fingerprint density at radius 2 is 1.82 bits per heavy atom. The molecule has 2 aromatic heterocycles. The average molecular weight is 465 g/mol. The van der Waals surface area contributed by atoms with Crippen LogP contribution in [0, 0.1) is 17.5 Å². The van der Waals surface area contributed by atoms with Crippen LogP contribution in [0.15, 0.2) is 23.1 Å². The zero-order valence-corrected chi connectivity index (χ0v) is 18.0. The van der Waals surface area contributed by atoms with Gasteiger partial charge in [-0.05, 0) is 13.1 Å². The summed E-state index contributed by atoms with van der Waals surface area (Å²) < 4.78 is 43.7. The number of aromatic carboxylic acids is 1. The maximum atomic E-state index is 14.8. The Morgan fingerprint density at radius 3 is 2.39 bits per heavy atom. The maximum Gasteiger partial charge on any atom is 0.341 e. The number of nitrogens with two attached hydrogens (primary N) is 1. The second-order valence-electron chi connectivity index (χ2n) is 7.05. The van der Waals surface area contributed by atoms with Crippen LogP contribution in [-0.2, 0) is 0 Å². The van der Waals surface area contributed by atoms with E-state index in [2.05, 4.69) is 10.3 Å². The van der Waals surface area contributed by atoms with Gasteiger partial charge in [0.15, 0.2) is 34.8 Å². The lowest BCUT2D eigenvalue weighted by Crippen LogP contribution is -2.57. The first-order chi connectivity index (χ1) is 15.6. The Bertz CT molecular complexity index is 1310. The number of phenols is 1. The highest BCUT2D eigenvalue weighted by Gasteiger charge is 2.32. The van der Waals surface area contributed by atoms with Gasteiger partial charge in [-0.2, -0.15) is 0 Å². The third-order valence-electron chi connectivity index (χ3n) is 5.19. The topological polar surface area (TPSA) is 134 Å². The number of fused-ring (bicyclic) bond motifs is 1. The first kappa shape index (κ1) is 23.9. The summed E-state index contributed by atoms with van der Waals surface area (Å²) in [6.45, 7) is 4.69. The first-order valence-electron chi connectivity index (χ1n) is 10.0. The Kier molecular flexibility index (Phi) is 6.49. The van der Waals surface area contributed by atoms with Crippen molar-refractivity contribution in [2.24, 2.45) is 0 Å². The molecule has 1 saturated heterocycles. The molecule has 1 aliphatic heterocycles. The summed E-state index contributed by atoms with van der Waals surface area (Å²) in [7, 11) is 1.72. The van der Waals surface area contributed by atoms with Crippen LogP contribution in [0.4, 0.5) is 24.7 Å². The van der Waals surface area contributed by atoms with Gasteiger partial charge in [0.2, 0.25) is 5.43 Å². The van der Waals surface area contributed by atoms with Crippen molar-refractivity contribution in [3.63, 3.8) is 0 Å². The van der Waals surface area contributed by atoms with Crippen LogP contribution in [0.5, 0.6) is 5.75 Å². The largest absolute Gasteiger partial charge is 0.504 e. The Morgan fingerprint density at radius 1 is 1.18 bits per heavy atom. The van der Waals surface area contributed by atoms with Crippen molar-refractivity contribution in [1.82, 2.24) is 14.9 Å². The Hall–Kier alpha value is -3.80. The van der Waals surface area contributed by atoms with Gasteiger partial charge in [-0.3, -0.25) is 9.36 Å². The molecule has 0 aliphatic carbocycles. The quantitative estimate of drug-likeness (QED) is 0.461. The van der Waals surface area contributed by atoms with Crippen molar-refractivity contribution in [2.45, 2.75) is 19.9 Å². The lowest BCUT2D eigenvalue weighted by atomic mass is 10.0. The smallest absolute Gasteiger partial charge is 0.341 e. The van der Waals surface area contributed by atoms with Gasteiger partial charge in [-0.25, -0.2) is 22.9 Å². The number of nitrogens with zero attached hydrogens (tertiary/aromatic N) is 3. The maximum absolute atomic E-state index is 14.8. The molecule has 1 aromatic carbocycles. The highest BCUT2D eigenvalue weighted by molar-refractivity contribution is 5.97. The third kappa shape index (κ3) is 3.93. The minimum atomic E-state index is -1.67. The molecular weight excluding hydrogens is 443 g/mol. The number of nitrogen functional groups attached to an aromatic ring is 1. The summed E-state index contributed by atoms with van der Waals surface area (Å²) in [6.07, 6.45) is 0.726. The molecule has 0 spiro atoms. The van der Waals surface area contributed by atoms with E-state index in [1.807, 2.05) is 13.8 Å². The van der Waals surface area contributed by atoms with Crippen LogP contribution in [0.25, 0.3) is 16.7 Å². The van der Waals surface area contributed by atoms with Gasteiger partial charge in [0.25, 0.3) is 0 Å². The molecular formula is C21H22F3N5O4. The van der Waals surface area contributed by atoms with E-state index in [1.165, 1.54) is 4.90 Å². The fraction of sp³-hybridized carbons (Fsp3) is 0.286. The SMILES string of the molecule is CC.CNC1CN(c2c(F)cc3c(=O)c(C(=O)O)cn(-c4nc(N)c(F)cc4F)c3c2O)C1. The van der Waals surface area contributed by atoms with Gasteiger partial charge >= 0.3 is 5.97 Å². The van der Waals surface area contributed by atoms with Crippen LogP contribution in [0.2, 0.25) is 0 Å². The zero-order chi connectivity index (χ0) is 24.6. The molecule has 12 heteroatoms. The number of pyridine rings is 2. The summed E-state index contributed by atoms with van der Waals surface area (Å²) in [5, 5.41) is 22.7. The highest BCUT2D eigenvalue weighted by atomic mass is 19.1. The molecule has 1 fully saturated rings. The number of hydrogen-bond acceptors (Lipinski definition) is 7. The molecule has 9 nitrogen and oxygen atoms in total. The molecule has 1 aliphatic rings. The van der Waals surface area contributed by atoms with Gasteiger partial charge in [0.1, 0.15) is 16.8 Å². The summed E-state index contributed by atoms with van der Waals surface area (Å²) in [6, 6.07) is 1.24. The number of anilines is 2. The second-order valence-corrected chi connectivity index (χ2v) is 7.05. The molecule has 4 rings (SSSR count). The van der Waals surface area contributed by atoms with E-state index in [9.17, 15) is 33.0 Å². The number of carboxylic acids is 1. The van der Waals surface area contributed by atoms with E-state index in [-0.39, 0.29) is 11.7 Å². The number of aromatic hydroxyl groups is 1. The van der Waals surface area contributed by atoms with E-state index in [0.717, 1.165) is 16.8 Å². The Balaban J connectivity index is 0.00000149. The number of phenolic OH excluding ortho intramolecular Hbond substituents is 1. The van der Waals surface area contributed by atoms with Gasteiger partial charge in [-0.15, -0.1) is 0 Å². The zero-order valence-electron chi connectivity index (χ0n) is 18.0. The second kappa shape index (κ2) is 8.98. The van der Waals surface area contributed by atoms with Gasteiger partial charge < -0.3 is 26.2 Å². The van der Waals surface area contributed by atoms with Crippen LogP contribution in [0.1, 0.15) is 24.2 Å².